The summed E-state index contributed by atoms with van der Waals surface area (Å²) in [6.07, 6.45) is 6.03. The molecule has 15 heteroatoms. The Bertz CT molecular complexity index is 2430. The van der Waals surface area contributed by atoms with Crippen molar-refractivity contribution in [2.75, 3.05) is 39.9 Å². The first-order valence-electron chi connectivity index (χ1n) is 22.9. The van der Waals surface area contributed by atoms with Gasteiger partial charge in [-0.2, -0.15) is 5.26 Å². The molecule has 66 heavy (non-hydrogen) atoms. The Balaban J connectivity index is 1.34. The number of nitrogens with two attached hydrogens (primary N) is 3. The van der Waals surface area contributed by atoms with Crippen LogP contribution in [-0.4, -0.2) is 90.0 Å². The molecular formula is C51H62N8O7. The van der Waals surface area contributed by atoms with Crippen molar-refractivity contribution in [1.29, 1.82) is 5.26 Å². The first-order chi connectivity index (χ1) is 31.8. The molecule has 3 aromatic carbocycles. The minimum absolute atomic E-state index is 0.0292. The number of Topliss-reactive ketones (excluding diaryl/α,β-unsaturated/α-hetero) is 3. The zero-order valence-electron chi connectivity index (χ0n) is 38.2. The normalized spacial score (nSPS) is 17.9. The molecule has 15 nitrogen and oxygen atoms in total. The van der Waals surface area contributed by atoms with Gasteiger partial charge in [0.05, 0.1) is 23.4 Å². The number of hydrogen-bond donors (Lipinski definition) is 4. The van der Waals surface area contributed by atoms with E-state index < -0.39 is 41.5 Å². The molecule has 7 N–H and O–H groups in total. The van der Waals surface area contributed by atoms with Gasteiger partial charge in [0, 0.05) is 80.5 Å². The smallest absolute Gasteiger partial charge is 0.226 e. The number of hydrogen-bond acceptors (Lipinski definition) is 13. The van der Waals surface area contributed by atoms with Gasteiger partial charge in [-0.05, 0) is 79.6 Å². The summed E-state index contributed by atoms with van der Waals surface area (Å²) in [5.74, 6) is -1.89. The van der Waals surface area contributed by atoms with E-state index >= 15 is 0 Å². The molecule has 0 unspecified atom stereocenters. The number of amides is 2. The Morgan fingerprint density at radius 1 is 0.924 bits per heavy atom. The number of nitriles is 1. The number of likely N-dealkylation sites (N-methyl/N-ethyl adjacent to an activating group) is 1. The largest absolute Gasteiger partial charge is 0.492 e. The van der Waals surface area contributed by atoms with Gasteiger partial charge in [-0.25, -0.2) is 9.97 Å². The molecule has 2 aliphatic rings. The molecule has 6 rings (SSSR count). The standard InChI is InChI=1S/C51H62N8O7/c1-31-24-45(62)48(59(3)51(64)38(17-19-53)29-44(61)41-30-56-49(57-32(41)2)36-12-9-34(10-13-36)25-33-6-4-7-33)37-14-16-47(66-23-21-55)40(28-37)39-26-35(11-15-46(39)65-22-20-54)27-42(58-50(31)63)43(60)8-5-18-52/h9-16,26,28,30-31,33,38,42,48H,4-8,17,19-25,27,29,53-55H2,1-3H3,(H,58,63)/t31-,38-,42+,48+/m1/s1. The van der Waals surface area contributed by atoms with Crippen LogP contribution in [0.15, 0.2) is 66.9 Å². The minimum atomic E-state index is -1.23. The van der Waals surface area contributed by atoms with E-state index in [2.05, 4.69) is 27.4 Å². The van der Waals surface area contributed by atoms with E-state index in [9.17, 15) is 29.2 Å². The number of rotatable bonds is 19. The molecule has 2 amide bonds. The molecule has 1 aliphatic carbocycles. The van der Waals surface area contributed by atoms with Gasteiger partial charge in [-0.3, -0.25) is 24.0 Å². The van der Waals surface area contributed by atoms with Crippen LogP contribution in [0.2, 0.25) is 0 Å². The summed E-state index contributed by atoms with van der Waals surface area (Å²) < 4.78 is 12.3. The lowest BCUT2D eigenvalue weighted by molar-refractivity contribution is -0.142. The highest BCUT2D eigenvalue weighted by Crippen LogP contribution is 2.41. The minimum Gasteiger partial charge on any atom is -0.492 e. The Labute approximate surface area is 386 Å². The van der Waals surface area contributed by atoms with Crippen molar-refractivity contribution in [3.05, 3.63) is 94.8 Å². The lowest BCUT2D eigenvalue weighted by Gasteiger charge is -2.32. The van der Waals surface area contributed by atoms with E-state index in [0.717, 1.165) is 17.9 Å². The SMILES string of the molecule is Cc1nc(-c2ccc(CC3CCC3)cc2)ncc1C(=O)C[C@@H](CCN)C(=O)N(C)[C@@H]1C(=O)C[C@@H](C)C(=O)N[C@H](C(=O)CCC#N)Cc2ccc(OCCN)c(c2)-c2cc1ccc2OCCN. The topological polar surface area (TPSA) is 247 Å². The summed E-state index contributed by atoms with van der Waals surface area (Å²) in [4.78, 5) is 81.4. The molecule has 2 heterocycles. The zero-order valence-corrected chi connectivity index (χ0v) is 38.2. The number of ether oxygens (including phenoxy) is 2. The second-order valence-corrected chi connectivity index (χ2v) is 17.5. The predicted octanol–water partition coefficient (Wildman–Crippen LogP) is 5.38. The Morgan fingerprint density at radius 3 is 2.23 bits per heavy atom. The average Bonchev–Trinajstić information content (AvgIpc) is 3.30. The summed E-state index contributed by atoms with van der Waals surface area (Å²) in [6, 6.07) is 18.5. The predicted molar refractivity (Wildman–Crippen MR) is 250 cm³/mol. The van der Waals surface area contributed by atoms with Crippen LogP contribution in [0.1, 0.15) is 97.1 Å². The van der Waals surface area contributed by atoms with Crippen molar-refractivity contribution in [1.82, 2.24) is 20.2 Å². The molecule has 0 saturated heterocycles. The van der Waals surface area contributed by atoms with Crippen LogP contribution in [0.4, 0.5) is 0 Å². The Hall–Kier alpha value is -6.34. The number of carbonyl (C=O) groups excluding carboxylic acids is 5. The van der Waals surface area contributed by atoms with E-state index in [1.807, 2.05) is 24.3 Å². The lowest BCUT2D eigenvalue weighted by Crippen LogP contribution is -2.46. The molecule has 4 aromatic rings. The van der Waals surface area contributed by atoms with E-state index in [0.29, 0.717) is 45.3 Å². The number of ketones is 3. The first-order valence-corrected chi connectivity index (χ1v) is 22.9. The van der Waals surface area contributed by atoms with Gasteiger partial charge in [0.1, 0.15) is 30.8 Å². The second-order valence-electron chi connectivity index (χ2n) is 17.5. The van der Waals surface area contributed by atoms with Crippen LogP contribution in [0, 0.1) is 36.0 Å². The number of fused-ring (bicyclic) bond motifs is 5. The third-order valence-corrected chi connectivity index (χ3v) is 12.6. The molecule has 4 atom stereocenters. The molecule has 0 radical (unpaired) electrons. The van der Waals surface area contributed by atoms with E-state index in [-0.39, 0.29) is 88.5 Å². The fraction of sp³-hybridized carbons (Fsp3) is 0.451. The summed E-state index contributed by atoms with van der Waals surface area (Å²) in [5, 5.41) is 12.1. The molecule has 1 fully saturated rings. The van der Waals surface area contributed by atoms with Crippen molar-refractivity contribution in [2.45, 2.75) is 90.1 Å². The number of aromatic nitrogens is 2. The fourth-order valence-corrected chi connectivity index (χ4v) is 8.68. The summed E-state index contributed by atoms with van der Waals surface area (Å²) in [7, 11) is 1.51. The van der Waals surface area contributed by atoms with Crippen molar-refractivity contribution in [2.24, 2.45) is 35.0 Å². The van der Waals surface area contributed by atoms with Gasteiger partial charge in [0.25, 0.3) is 0 Å². The number of nitrogens with one attached hydrogen (secondary N) is 1. The van der Waals surface area contributed by atoms with E-state index in [1.54, 1.807) is 44.2 Å². The van der Waals surface area contributed by atoms with Crippen molar-refractivity contribution < 1.29 is 33.4 Å². The van der Waals surface area contributed by atoms with Crippen molar-refractivity contribution in [3.8, 4) is 40.1 Å². The number of carbonyl (C=O) groups is 5. The third-order valence-electron chi connectivity index (χ3n) is 12.6. The summed E-state index contributed by atoms with van der Waals surface area (Å²) in [5.41, 5.74) is 22.8. The molecule has 1 aliphatic heterocycles. The van der Waals surface area contributed by atoms with Gasteiger partial charge in [-0.1, -0.05) is 62.6 Å². The molecule has 348 valence electrons. The highest BCUT2D eigenvalue weighted by atomic mass is 16.5. The number of nitrogens with zero attached hydrogens (tertiary/aromatic N) is 4. The molecule has 4 bridgehead atoms. The second kappa shape index (κ2) is 23.2. The van der Waals surface area contributed by atoms with Gasteiger partial charge < -0.3 is 36.9 Å². The monoisotopic (exact) mass is 898 g/mol. The molecule has 1 aromatic heterocycles. The van der Waals surface area contributed by atoms with Crippen LogP contribution < -0.4 is 32.0 Å². The Kier molecular flexibility index (Phi) is 17.3. The molecular weight excluding hydrogens is 837 g/mol. The average molecular weight is 899 g/mol. The fourth-order valence-electron chi connectivity index (χ4n) is 8.68. The van der Waals surface area contributed by atoms with Gasteiger partial charge in [0.15, 0.2) is 23.2 Å². The maximum absolute atomic E-state index is 14.8. The lowest BCUT2D eigenvalue weighted by atomic mass is 9.81. The van der Waals surface area contributed by atoms with E-state index in [4.69, 9.17) is 26.7 Å². The number of benzene rings is 3. The zero-order chi connectivity index (χ0) is 47.3. The highest BCUT2D eigenvalue weighted by Gasteiger charge is 2.36. The summed E-state index contributed by atoms with van der Waals surface area (Å²) in [6.45, 7) is 4.20. The highest BCUT2D eigenvalue weighted by molar-refractivity contribution is 6.00. The van der Waals surface area contributed by atoms with Gasteiger partial charge in [0.2, 0.25) is 11.8 Å². The van der Waals surface area contributed by atoms with Gasteiger partial charge in [-0.15, -0.1) is 0 Å². The van der Waals surface area contributed by atoms with Crippen molar-refractivity contribution >= 4 is 29.2 Å². The van der Waals surface area contributed by atoms with Crippen LogP contribution in [-0.2, 0) is 32.0 Å². The molecule has 1 saturated carbocycles. The molecule has 0 spiro atoms. The Morgan fingerprint density at radius 2 is 1.61 bits per heavy atom. The first kappa shape index (κ1) is 49.1. The van der Waals surface area contributed by atoms with Crippen LogP contribution in [0.25, 0.3) is 22.5 Å². The van der Waals surface area contributed by atoms with Crippen molar-refractivity contribution in [3.63, 3.8) is 0 Å². The quantitative estimate of drug-likeness (QED) is 0.0865. The van der Waals surface area contributed by atoms with E-state index in [1.165, 1.54) is 43.0 Å². The maximum atomic E-state index is 14.8. The summed E-state index contributed by atoms with van der Waals surface area (Å²) >= 11 is 0. The van der Waals surface area contributed by atoms with Gasteiger partial charge >= 0.3 is 0 Å². The van der Waals surface area contributed by atoms with Crippen LogP contribution >= 0.6 is 0 Å². The third kappa shape index (κ3) is 12.1. The maximum Gasteiger partial charge on any atom is 0.226 e. The van der Waals surface area contributed by atoms with Crippen LogP contribution in [0.3, 0.4) is 0 Å². The van der Waals surface area contributed by atoms with Crippen LogP contribution in [0.5, 0.6) is 11.5 Å². The number of aryl methyl sites for hydroxylation is 1.